The standard InChI is InChI=1S/C23H28N4OS2.C22H29N3O2S2/c1-3-15(2)25-12-10-20(28)27-23-21(17-8-4-5-9-19(17)30-23)22-26-18(14-29-22)16-7-6-11-24-13-16;1-14(2)23-10-7-19(26)25-22-20(16-5-3-4-6-18(16)29-22)21-24-17(13-28-21)15-8-11-27-12-9-15/h6-7,11,13-15,25H,3-5,8-10,12H2,1-2H3,(H,27,28);8,13-14,23H,3-7,9-12H2,1-2H3,(H,25,26)/t15-;/m0./s1. The average Bonchev–Trinajstić information content (AvgIpc) is 4.06. The smallest absolute Gasteiger partial charge is 0.226 e. The molecule has 0 bridgehead atoms. The summed E-state index contributed by atoms with van der Waals surface area (Å²) in [5.41, 5.74) is 9.37. The Kier molecular flexibility index (Phi) is 15.7. The Labute approximate surface area is 364 Å². The summed E-state index contributed by atoms with van der Waals surface area (Å²) >= 11 is 6.82. The van der Waals surface area contributed by atoms with E-state index in [4.69, 9.17) is 14.7 Å². The number of ether oxygens (including phenoxy) is 1. The summed E-state index contributed by atoms with van der Waals surface area (Å²) in [5, 5.41) is 21.3. The third-order valence-corrected chi connectivity index (χ3v) is 15.0. The van der Waals surface area contributed by atoms with Gasteiger partial charge in [-0.25, -0.2) is 9.97 Å². The molecule has 5 aromatic rings. The Bertz CT molecular complexity index is 2200. The first-order valence-corrected chi connectivity index (χ1v) is 24.6. The fraction of sp³-hybridized carbons (Fsp3) is 0.489. The Morgan fingerprint density at radius 2 is 1.37 bits per heavy atom. The Morgan fingerprint density at radius 3 is 1.93 bits per heavy atom. The van der Waals surface area contributed by atoms with Crippen LogP contribution >= 0.6 is 45.3 Å². The van der Waals surface area contributed by atoms with Gasteiger partial charge in [-0.3, -0.25) is 14.6 Å². The normalized spacial score (nSPS) is 15.4. The molecule has 314 valence electrons. The Hall–Kier alpha value is -3.63. The zero-order valence-electron chi connectivity index (χ0n) is 34.7. The van der Waals surface area contributed by atoms with E-state index in [1.807, 2.05) is 18.3 Å². The zero-order chi connectivity index (χ0) is 41.1. The molecule has 0 unspecified atom stereocenters. The monoisotopic (exact) mass is 871 g/mol. The molecule has 6 heterocycles. The number of aryl methyl sites for hydroxylation is 2. The highest BCUT2D eigenvalue weighted by molar-refractivity contribution is 7.19. The van der Waals surface area contributed by atoms with E-state index >= 15 is 0 Å². The van der Waals surface area contributed by atoms with Crippen molar-refractivity contribution >= 4 is 72.7 Å². The van der Waals surface area contributed by atoms with Crippen molar-refractivity contribution in [2.75, 3.05) is 36.9 Å². The first-order chi connectivity index (χ1) is 28.8. The van der Waals surface area contributed by atoms with Gasteiger partial charge in [0.15, 0.2) is 0 Å². The number of thiazole rings is 2. The molecule has 10 nitrogen and oxygen atoms in total. The second-order valence-electron chi connectivity index (χ2n) is 15.7. The van der Waals surface area contributed by atoms with E-state index in [1.165, 1.54) is 57.7 Å². The van der Waals surface area contributed by atoms with Crippen LogP contribution in [0.15, 0.2) is 41.4 Å². The van der Waals surface area contributed by atoms with Gasteiger partial charge in [0.25, 0.3) is 0 Å². The second-order valence-corrected chi connectivity index (χ2v) is 19.6. The molecule has 2 amide bonds. The van der Waals surface area contributed by atoms with E-state index in [0.29, 0.717) is 44.6 Å². The minimum atomic E-state index is 0.0645. The molecule has 0 aromatic carbocycles. The highest BCUT2D eigenvalue weighted by atomic mass is 32.1. The summed E-state index contributed by atoms with van der Waals surface area (Å²) in [5.74, 6) is 0.136. The number of anilines is 2. The van der Waals surface area contributed by atoms with Crippen molar-refractivity contribution < 1.29 is 14.3 Å². The van der Waals surface area contributed by atoms with Gasteiger partial charge in [-0.05, 0) is 100.0 Å². The quantitative estimate of drug-likeness (QED) is 0.0818. The van der Waals surface area contributed by atoms with Crippen LogP contribution in [0, 0.1) is 0 Å². The average molecular weight is 872 g/mol. The maximum Gasteiger partial charge on any atom is 0.226 e. The third kappa shape index (κ3) is 11.4. The van der Waals surface area contributed by atoms with Gasteiger partial charge in [0.1, 0.15) is 20.0 Å². The minimum Gasteiger partial charge on any atom is -0.377 e. The number of fused-ring (bicyclic) bond motifs is 2. The van der Waals surface area contributed by atoms with Gasteiger partial charge in [-0.2, -0.15) is 0 Å². The molecule has 8 rings (SSSR count). The fourth-order valence-corrected chi connectivity index (χ4v) is 12.1. The first kappa shape index (κ1) is 43.5. The molecule has 5 aromatic heterocycles. The van der Waals surface area contributed by atoms with E-state index in [-0.39, 0.29) is 11.8 Å². The molecule has 1 atom stereocenters. The van der Waals surface area contributed by atoms with Gasteiger partial charge in [-0.1, -0.05) is 26.8 Å². The van der Waals surface area contributed by atoms with Crippen LogP contribution in [-0.4, -0.2) is 65.2 Å². The van der Waals surface area contributed by atoms with E-state index in [1.54, 1.807) is 51.5 Å². The number of hydrogen-bond donors (Lipinski definition) is 4. The third-order valence-electron chi connectivity index (χ3n) is 10.9. The molecule has 0 fully saturated rings. The molecule has 1 aliphatic heterocycles. The predicted octanol–water partition coefficient (Wildman–Crippen LogP) is 10.4. The van der Waals surface area contributed by atoms with Crippen molar-refractivity contribution in [3.63, 3.8) is 0 Å². The first-order valence-electron chi connectivity index (χ1n) is 21.2. The molecule has 0 saturated carbocycles. The molecule has 0 spiro atoms. The highest BCUT2D eigenvalue weighted by Crippen LogP contribution is 2.47. The molecule has 0 saturated heterocycles. The predicted molar refractivity (Wildman–Crippen MR) is 248 cm³/mol. The maximum atomic E-state index is 12.6. The molecule has 14 heteroatoms. The zero-order valence-corrected chi connectivity index (χ0v) is 38.0. The summed E-state index contributed by atoms with van der Waals surface area (Å²) in [6.45, 7) is 11.3. The van der Waals surface area contributed by atoms with Crippen LogP contribution in [-0.2, 0) is 40.0 Å². The number of hydrogen-bond acceptors (Lipinski definition) is 12. The summed E-state index contributed by atoms with van der Waals surface area (Å²) in [7, 11) is 0. The van der Waals surface area contributed by atoms with Crippen LogP contribution in [0.1, 0.15) is 106 Å². The number of pyridine rings is 1. The lowest BCUT2D eigenvalue weighted by Gasteiger charge is -2.12. The summed E-state index contributed by atoms with van der Waals surface area (Å²) in [6, 6.07) is 4.78. The second kappa shape index (κ2) is 21.2. The fourth-order valence-electron chi connectivity index (χ4n) is 7.52. The van der Waals surface area contributed by atoms with Crippen LogP contribution in [0.4, 0.5) is 10.0 Å². The maximum absolute atomic E-state index is 12.6. The van der Waals surface area contributed by atoms with Crippen molar-refractivity contribution in [3.05, 3.63) is 67.9 Å². The number of thiophene rings is 2. The summed E-state index contributed by atoms with van der Waals surface area (Å²) in [6.07, 6.45) is 17.9. The minimum absolute atomic E-state index is 0.0645. The molecule has 2 aliphatic carbocycles. The van der Waals surface area contributed by atoms with Gasteiger partial charge in [0.05, 0.1) is 24.6 Å². The summed E-state index contributed by atoms with van der Waals surface area (Å²) in [4.78, 5) is 42.1. The Balaban J connectivity index is 0.000000179. The SMILES string of the molecule is CC(C)NCCC(=O)Nc1sc2c(c1-c1nc(C3=CCOCC3)cs1)CCCC2.CC[C@H](C)NCCC(=O)Nc1sc2c(c1-c1nc(-c3cccnc3)cs1)CCCC2. The molecular formula is C45H57N7O3S4. The van der Waals surface area contributed by atoms with E-state index < -0.39 is 0 Å². The van der Waals surface area contributed by atoms with Gasteiger partial charge >= 0.3 is 0 Å². The summed E-state index contributed by atoms with van der Waals surface area (Å²) < 4.78 is 5.43. The number of rotatable bonds is 15. The van der Waals surface area contributed by atoms with Crippen molar-refractivity contribution in [1.82, 2.24) is 25.6 Å². The van der Waals surface area contributed by atoms with Gasteiger partial charge in [-0.15, -0.1) is 45.3 Å². The lowest BCUT2D eigenvalue weighted by molar-refractivity contribution is -0.116. The van der Waals surface area contributed by atoms with Crippen molar-refractivity contribution in [2.45, 2.75) is 117 Å². The molecule has 4 N–H and O–H groups in total. The van der Waals surface area contributed by atoms with Gasteiger partial charge in [0.2, 0.25) is 11.8 Å². The van der Waals surface area contributed by atoms with Crippen molar-refractivity contribution in [1.29, 1.82) is 0 Å². The number of amides is 2. The molecule has 59 heavy (non-hydrogen) atoms. The number of carbonyl (C=O) groups is 2. The number of aromatic nitrogens is 3. The molecule has 0 radical (unpaired) electrons. The lowest BCUT2D eigenvalue weighted by Crippen LogP contribution is -2.28. The Morgan fingerprint density at radius 1 is 0.780 bits per heavy atom. The van der Waals surface area contributed by atoms with Crippen LogP contribution in [0.5, 0.6) is 0 Å². The number of carbonyl (C=O) groups excluding carboxylic acids is 2. The van der Waals surface area contributed by atoms with Gasteiger partial charge in [0, 0.05) is 87.6 Å². The molecular weight excluding hydrogens is 815 g/mol. The van der Waals surface area contributed by atoms with E-state index in [9.17, 15) is 9.59 Å². The van der Waals surface area contributed by atoms with Crippen LogP contribution in [0.2, 0.25) is 0 Å². The van der Waals surface area contributed by atoms with Crippen molar-refractivity contribution in [3.8, 4) is 32.4 Å². The largest absolute Gasteiger partial charge is 0.377 e. The number of nitrogens with zero attached hydrogens (tertiary/aromatic N) is 3. The number of nitrogens with one attached hydrogen (secondary N) is 4. The van der Waals surface area contributed by atoms with Crippen LogP contribution in [0.25, 0.3) is 38.0 Å². The van der Waals surface area contributed by atoms with E-state index in [0.717, 1.165) is 87.7 Å². The lowest BCUT2D eigenvalue weighted by atomic mass is 9.95. The molecule has 3 aliphatic rings. The van der Waals surface area contributed by atoms with Crippen molar-refractivity contribution in [2.24, 2.45) is 0 Å². The topological polar surface area (TPSA) is 130 Å². The van der Waals surface area contributed by atoms with E-state index in [2.05, 4.69) is 70.8 Å². The van der Waals surface area contributed by atoms with Crippen LogP contribution < -0.4 is 21.3 Å². The van der Waals surface area contributed by atoms with Crippen LogP contribution in [0.3, 0.4) is 0 Å². The van der Waals surface area contributed by atoms with Gasteiger partial charge < -0.3 is 26.0 Å². The highest BCUT2D eigenvalue weighted by Gasteiger charge is 2.27.